The molecule has 2 atom stereocenters. The molecule has 0 bridgehead atoms. The van der Waals surface area contributed by atoms with Gasteiger partial charge in [-0.15, -0.1) is 0 Å². The summed E-state index contributed by atoms with van der Waals surface area (Å²) in [7, 11) is 1.98. The van der Waals surface area contributed by atoms with Crippen molar-refractivity contribution < 1.29 is 18.8 Å². The Balaban J connectivity index is 1.53. The third-order valence-corrected chi connectivity index (χ3v) is 9.79. The van der Waals surface area contributed by atoms with Crippen molar-refractivity contribution in [2.75, 3.05) is 39.8 Å². The number of nitrogens with one attached hydrogen (secondary N) is 2. The highest BCUT2D eigenvalue weighted by Crippen LogP contribution is 2.47. The van der Waals surface area contributed by atoms with Crippen LogP contribution in [0.1, 0.15) is 78.2 Å². The van der Waals surface area contributed by atoms with Gasteiger partial charge in [-0.05, 0) is 84.0 Å². The lowest BCUT2D eigenvalue weighted by Gasteiger charge is -2.50. The SMILES string of the molecule is CC(C)N(C(=O)C1(C2CCCCC2)CCN(C(=O)[C@@H](Cc2ccc(F)cc2)NC(=O)[C@@H]2CN(C)CCN2)CC1)C(C)C. The molecule has 3 amide bonds. The van der Waals surface area contributed by atoms with E-state index in [4.69, 9.17) is 0 Å². The summed E-state index contributed by atoms with van der Waals surface area (Å²) in [6.07, 6.45) is 7.23. The Labute approximate surface area is 251 Å². The van der Waals surface area contributed by atoms with Gasteiger partial charge in [0.1, 0.15) is 11.9 Å². The summed E-state index contributed by atoms with van der Waals surface area (Å²) >= 11 is 0. The molecule has 1 saturated carbocycles. The van der Waals surface area contributed by atoms with E-state index in [1.54, 1.807) is 12.1 Å². The van der Waals surface area contributed by atoms with E-state index >= 15 is 0 Å². The fourth-order valence-electron chi connectivity index (χ4n) is 7.52. The smallest absolute Gasteiger partial charge is 0.245 e. The number of amides is 3. The van der Waals surface area contributed by atoms with Gasteiger partial charge in [-0.1, -0.05) is 31.4 Å². The first-order chi connectivity index (χ1) is 20.0. The van der Waals surface area contributed by atoms with Crippen molar-refractivity contribution in [3.63, 3.8) is 0 Å². The molecule has 0 radical (unpaired) electrons. The number of hydrogen-bond acceptors (Lipinski definition) is 5. The number of rotatable bonds is 9. The number of hydrogen-bond donors (Lipinski definition) is 2. The minimum Gasteiger partial charge on any atom is -0.343 e. The van der Waals surface area contributed by atoms with Gasteiger partial charge in [-0.25, -0.2) is 4.39 Å². The zero-order valence-electron chi connectivity index (χ0n) is 26.3. The first-order valence-corrected chi connectivity index (χ1v) is 16.1. The first kappa shape index (κ1) is 32.4. The Hall–Kier alpha value is -2.52. The summed E-state index contributed by atoms with van der Waals surface area (Å²) in [6, 6.07) is 5.17. The summed E-state index contributed by atoms with van der Waals surface area (Å²) in [5.41, 5.74) is 0.329. The number of nitrogens with zero attached hydrogens (tertiary/aromatic N) is 3. The molecule has 0 spiro atoms. The lowest BCUT2D eigenvalue weighted by Crippen LogP contribution is -2.61. The molecule has 3 fully saturated rings. The normalized spacial score (nSPS) is 22.7. The zero-order valence-corrected chi connectivity index (χ0v) is 26.3. The van der Waals surface area contributed by atoms with E-state index < -0.39 is 17.5 Å². The Morgan fingerprint density at radius 1 is 1.00 bits per heavy atom. The second-order valence-electron chi connectivity index (χ2n) is 13.4. The number of likely N-dealkylation sites (tertiary alicyclic amines) is 1. The van der Waals surface area contributed by atoms with E-state index in [2.05, 4.69) is 48.1 Å². The molecule has 2 saturated heterocycles. The Morgan fingerprint density at radius 2 is 1.62 bits per heavy atom. The van der Waals surface area contributed by atoms with Gasteiger partial charge in [-0.2, -0.15) is 0 Å². The van der Waals surface area contributed by atoms with Crippen LogP contribution < -0.4 is 10.6 Å². The zero-order chi connectivity index (χ0) is 30.4. The molecule has 1 aromatic carbocycles. The van der Waals surface area contributed by atoms with E-state index in [1.165, 1.54) is 18.6 Å². The maximum Gasteiger partial charge on any atom is 0.245 e. The van der Waals surface area contributed by atoms with E-state index in [0.29, 0.717) is 44.9 Å². The molecule has 2 aliphatic heterocycles. The Kier molecular flexibility index (Phi) is 11.0. The van der Waals surface area contributed by atoms with Crippen LogP contribution in [-0.4, -0.2) is 96.4 Å². The summed E-state index contributed by atoms with van der Waals surface area (Å²) in [6.45, 7) is 11.5. The van der Waals surface area contributed by atoms with Gasteiger partial charge in [0.25, 0.3) is 0 Å². The van der Waals surface area contributed by atoms with E-state index in [0.717, 1.165) is 37.8 Å². The van der Waals surface area contributed by atoms with Gasteiger partial charge in [0.2, 0.25) is 17.7 Å². The van der Waals surface area contributed by atoms with Crippen LogP contribution in [0.2, 0.25) is 0 Å². The van der Waals surface area contributed by atoms with Crippen molar-refractivity contribution in [3.05, 3.63) is 35.6 Å². The third kappa shape index (κ3) is 7.51. The molecule has 234 valence electrons. The first-order valence-electron chi connectivity index (χ1n) is 16.1. The largest absolute Gasteiger partial charge is 0.343 e. The van der Waals surface area contributed by atoms with Crippen LogP contribution in [0.5, 0.6) is 0 Å². The molecule has 2 N–H and O–H groups in total. The molecular formula is C33H52FN5O3. The number of carbonyl (C=O) groups is 3. The Morgan fingerprint density at radius 3 is 2.19 bits per heavy atom. The van der Waals surface area contributed by atoms with Gasteiger partial charge < -0.3 is 25.3 Å². The van der Waals surface area contributed by atoms with Gasteiger partial charge >= 0.3 is 0 Å². The molecule has 8 nitrogen and oxygen atoms in total. The topological polar surface area (TPSA) is 85.0 Å². The molecule has 0 unspecified atom stereocenters. The lowest BCUT2D eigenvalue weighted by molar-refractivity contribution is -0.157. The van der Waals surface area contributed by atoms with Gasteiger partial charge in [-0.3, -0.25) is 14.4 Å². The molecular weight excluding hydrogens is 533 g/mol. The van der Waals surface area contributed by atoms with Crippen LogP contribution in [0.4, 0.5) is 4.39 Å². The van der Waals surface area contributed by atoms with Crippen molar-refractivity contribution in [2.24, 2.45) is 11.3 Å². The number of benzene rings is 1. The number of likely N-dealkylation sites (N-methyl/N-ethyl adjacent to an activating group) is 1. The van der Waals surface area contributed by atoms with Crippen molar-refractivity contribution in [3.8, 4) is 0 Å². The highest BCUT2D eigenvalue weighted by molar-refractivity contribution is 5.90. The maximum absolute atomic E-state index is 14.4. The van der Waals surface area contributed by atoms with E-state index in [-0.39, 0.29) is 42.0 Å². The number of halogens is 1. The van der Waals surface area contributed by atoms with Crippen LogP contribution in [-0.2, 0) is 20.8 Å². The van der Waals surface area contributed by atoms with Gasteiger partial charge in [0.15, 0.2) is 0 Å². The summed E-state index contributed by atoms with van der Waals surface area (Å²) in [5, 5.41) is 6.30. The number of piperazine rings is 1. The molecule has 3 aliphatic rings. The van der Waals surface area contributed by atoms with Gasteiger partial charge in [0.05, 0.1) is 11.5 Å². The van der Waals surface area contributed by atoms with E-state index in [9.17, 15) is 18.8 Å². The van der Waals surface area contributed by atoms with Crippen LogP contribution in [0, 0.1) is 17.2 Å². The minimum atomic E-state index is -0.766. The van der Waals surface area contributed by atoms with Crippen molar-refractivity contribution in [1.82, 2.24) is 25.3 Å². The van der Waals surface area contributed by atoms with Crippen LogP contribution >= 0.6 is 0 Å². The van der Waals surface area contributed by atoms with Crippen LogP contribution in [0.15, 0.2) is 24.3 Å². The summed E-state index contributed by atoms with van der Waals surface area (Å²) in [5.74, 6) is -0.0895. The molecule has 2 heterocycles. The second-order valence-corrected chi connectivity index (χ2v) is 13.4. The fraction of sp³-hybridized carbons (Fsp3) is 0.727. The second kappa shape index (κ2) is 14.3. The molecule has 4 rings (SSSR count). The Bertz CT molecular complexity index is 1060. The standard InChI is InChI=1S/C33H52FN5O3/c1-23(2)39(24(3)4)32(42)33(26-9-7-6-8-10-26)15-18-38(19-16-33)31(41)28(21-25-11-13-27(34)14-12-25)36-30(40)29-22-37(5)20-17-35-29/h11-14,23-24,26,28-29,35H,6-10,15-22H2,1-5H3,(H,36,40)/t28-,29+/m1/s1. The number of piperidine rings is 1. The van der Waals surface area contributed by atoms with Crippen LogP contribution in [0.3, 0.4) is 0 Å². The predicted molar refractivity (Wildman–Crippen MR) is 163 cm³/mol. The molecule has 1 aromatic rings. The van der Waals surface area contributed by atoms with Crippen molar-refractivity contribution >= 4 is 17.7 Å². The van der Waals surface area contributed by atoms with Gasteiger partial charge in [0, 0.05) is 51.2 Å². The molecule has 0 aromatic heterocycles. The van der Waals surface area contributed by atoms with Crippen molar-refractivity contribution in [2.45, 2.75) is 103 Å². The maximum atomic E-state index is 14.4. The fourth-order valence-corrected chi connectivity index (χ4v) is 7.52. The average molecular weight is 586 g/mol. The number of carbonyl (C=O) groups excluding carboxylic acids is 3. The summed E-state index contributed by atoms with van der Waals surface area (Å²) < 4.78 is 13.6. The molecule has 1 aliphatic carbocycles. The lowest BCUT2D eigenvalue weighted by atomic mass is 9.62. The third-order valence-electron chi connectivity index (χ3n) is 9.79. The van der Waals surface area contributed by atoms with Crippen LogP contribution in [0.25, 0.3) is 0 Å². The highest BCUT2D eigenvalue weighted by atomic mass is 19.1. The predicted octanol–water partition coefficient (Wildman–Crippen LogP) is 3.59. The molecule has 9 heteroatoms. The minimum absolute atomic E-state index is 0.111. The quantitative estimate of drug-likeness (QED) is 0.463. The highest BCUT2D eigenvalue weighted by Gasteiger charge is 2.50. The summed E-state index contributed by atoms with van der Waals surface area (Å²) in [4.78, 5) is 47.7. The molecule has 42 heavy (non-hydrogen) atoms. The van der Waals surface area contributed by atoms with Crippen molar-refractivity contribution in [1.29, 1.82) is 0 Å². The monoisotopic (exact) mass is 585 g/mol. The average Bonchev–Trinajstić information content (AvgIpc) is 2.97. The van der Waals surface area contributed by atoms with E-state index in [1.807, 2.05) is 11.9 Å².